The van der Waals surface area contributed by atoms with Crippen LogP contribution >= 0.6 is 11.8 Å². The molecular weight excluding hydrogens is 248 g/mol. The molecule has 104 valence electrons. The summed E-state index contributed by atoms with van der Waals surface area (Å²) in [6, 6.07) is -0.185. The third kappa shape index (κ3) is 4.52. The second-order valence-corrected chi connectivity index (χ2v) is 7.28. The summed E-state index contributed by atoms with van der Waals surface area (Å²) in [5.41, 5.74) is -0.0383. The Morgan fingerprint density at radius 3 is 2.50 bits per heavy atom. The zero-order valence-electron chi connectivity index (χ0n) is 11.9. The summed E-state index contributed by atoms with van der Waals surface area (Å²) in [5.74, 6) is 1.38. The van der Waals surface area contributed by atoms with E-state index in [1.54, 1.807) is 16.7 Å². The van der Waals surface area contributed by atoms with Gasteiger partial charge in [0.2, 0.25) is 11.8 Å². The van der Waals surface area contributed by atoms with Crippen molar-refractivity contribution < 1.29 is 9.59 Å². The molecule has 1 heterocycles. The van der Waals surface area contributed by atoms with Gasteiger partial charge in [0.1, 0.15) is 6.04 Å². The monoisotopic (exact) mass is 272 g/mol. The van der Waals surface area contributed by atoms with Crippen LogP contribution in [0.1, 0.15) is 41.0 Å². The summed E-state index contributed by atoms with van der Waals surface area (Å²) in [5, 5.41) is 2.89. The van der Waals surface area contributed by atoms with Gasteiger partial charge in [-0.15, -0.1) is 11.8 Å². The van der Waals surface area contributed by atoms with Crippen LogP contribution in [0.3, 0.4) is 0 Å². The molecule has 1 N–H and O–H groups in total. The smallest absolute Gasteiger partial charge is 0.243 e. The van der Waals surface area contributed by atoms with Crippen molar-refractivity contribution in [1.29, 1.82) is 0 Å². The summed E-state index contributed by atoms with van der Waals surface area (Å²) in [4.78, 5) is 25.9. The van der Waals surface area contributed by atoms with Crippen molar-refractivity contribution in [2.45, 2.75) is 53.1 Å². The van der Waals surface area contributed by atoms with Crippen molar-refractivity contribution in [2.24, 2.45) is 5.41 Å². The van der Waals surface area contributed by atoms with Crippen molar-refractivity contribution in [3.05, 3.63) is 0 Å². The maximum atomic E-state index is 12.2. The lowest BCUT2D eigenvalue weighted by Gasteiger charge is -2.27. The van der Waals surface area contributed by atoms with Gasteiger partial charge in [-0.2, -0.15) is 0 Å². The number of hydrogen-bond acceptors (Lipinski definition) is 3. The Kier molecular flexibility index (Phi) is 5.08. The van der Waals surface area contributed by atoms with Crippen LogP contribution < -0.4 is 5.32 Å². The molecule has 1 rings (SSSR count). The lowest BCUT2D eigenvalue weighted by Crippen LogP contribution is -2.49. The lowest BCUT2D eigenvalue weighted by molar-refractivity contribution is -0.139. The number of nitrogens with zero attached hydrogens (tertiary/aromatic N) is 1. The van der Waals surface area contributed by atoms with Crippen LogP contribution in [0.25, 0.3) is 0 Å². The second kappa shape index (κ2) is 5.95. The van der Waals surface area contributed by atoms with Crippen LogP contribution in [0.2, 0.25) is 0 Å². The van der Waals surface area contributed by atoms with Crippen molar-refractivity contribution in [1.82, 2.24) is 10.2 Å². The van der Waals surface area contributed by atoms with Crippen LogP contribution in [0, 0.1) is 5.41 Å². The molecule has 1 fully saturated rings. The van der Waals surface area contributed by atoms with E-state index in [2.05, 4.69) is 5.32 Å². The lowest BCUT2D eigenvalue weighted by atomic mass is 9.91. The topological polar surface area (TPSA) is 49.4 Å². The number of rotatable bonds is 3. The standard InChI is InChI=1S/C13H24N2O2S/c1-9(2)14-12(17)10-7-18-8-15(10)11(16)6-13(3,4)5/h9-10H,6-8H2,1-5H3,(H,14,17)/t10-/m1/s1. The average molecular weight is 272 g/mol. The van der Waals surface area contributed by atoms with Crippen molar-refractivity contribution in [3.63, 3.8) is 0 Å². The Bertz CT molecular complexity index is 323. The first-order valence-electron chi connectivity index (χ1n) is 6.38. The first-order chi connectivity index (χ1) is 8.20. The number of amides is 2. The maximum Gasteiger partial charge on any atom is 0.243 e. The zero-order chi connectivity index (χ0) is 13.9. The molecule has 0 aliphatic carbocycles. The molecule has 0 aromatic carbocycles. The van der Waals surface area contributed by atoms with E-state index in [1.165, 1.54) is 0 Å². The molecule has 1 aliphatic rings. The number of hydrogen-bond donors (Lipinski definition) is 1. The average Bonchev–Trinajstić information content (AvgIpc) is 2.61. The number of carbonyl (C=O) groups is 2. The Hall–Kier alpha value is -0.710. The highest BCUT2D eigenvalue weighted by Crippen LogP contribution is 2.26. The normalized spacial score (nSPS) is 20.3. The van der Waals surface area contributed by atoms with Crippen molar-refractivity contribution in [2.75, 3.05) is 11.6 Å². The predicted molar refractivity (Wildman–Crippen MR) is 75.3 cm³/mol. The number of thioether (sulfide) groups is 1. The predicted octanol–water partition coefficient (Wildman–Crippen LogP) is 1.85. The highest BCUT2D eigenvalue weighted by molar-refractivity contribution is 7.99. The van der Waals surface area contributed by atoms with Gasteiger partial charge in [-0.05, 0) is 19.3 Å². The second-order valence-electron chi connectivity index (χ2n) is 6.28. The minimum Gasteiger partial charge on any atom is -0.352 e. The molecule has 0 unspecified atom stereocenters. The minimum atomic E-state index is -0.299. The van der Waals surface area contributed by atoms with E-state index in [4.69, 9.17) is 0 Å². The van der Waals surface area contributed by atoms with E-state index < -0.39 is 0 Å². The van der Waals surface area contributed by atoms with Crippen LogP contribution in [0.4, 0.5) is 0 Å². The Balaban J connectivity index is 2.64. The number of nitrogens with one attached hydrogen (secondary N) is 1. The molecule has 0 aromatic heterocycles. The van der Waals surface area contributed by atoms with E-state index >= 15 is 0 Å². The minimum absolute atomic E-state index is 0.0303. The molecule has 18 heavy (non-hydrogen) atoms. The molecular formula is C13H24N2O2S. The van der Waals surface area contributed by atoms with E-state index in [0.717, 1.165) is 0 Å². The quantitative estimate of drug-likeness (QED) is 0.853. The Morgan fingerprint density at radius 1 is 1.39 bits per heavy atom. The van der Waals surface area contributed by atoms with Gasteiger partial charge in [-0.25, -0.2) is 0 Å². The highest BCUT2D eigenvalue weighted by atomic mass is 32.2. The van der Waals surface area contributed by atoms with E-state index in [-0.39, 0.29) is 29.3 Å². The van der Waals surface area contributed by atoms with Gasteiger partial charge in [0.05, 0.1) is 5.88 Å². The third-order valence-corrected chi connectivity index (χ3v) is 3.63. The van der Waals surface area contributed by atoms with Crippen LogP contribution in [0.5, 0.6) is 0 Å². The molecule has 2 amide bonds. The molecule has 0 spiro atoms. The summed E-state index contributed by atoms with van der Waals surface area (Å²) in [6.45, 7) is 9.98. The molecule has 1 atom stereocenters. The van der Waals surface area contributed by atoms with Gasteiger partial charge in [0, 0.05) is 18.2 Å². The first kappa shape index (κ1) is 15.3. The molecule has 1 aliphatic heterocycles. The zero-order valence-corrected chi connectivity index (χ0v) is 12.8. The maximum absolute atomic E-state index is 12.2. The summed E-state index contributed by atoms with van der Waals surface area (Å²) < 4.78 is 0. The molecule has 0 bridgehead atoms. The van der Waals surface area contributed by atoms with Gasteiger partial charge >= 0.3 is 0 Å². The van der Waals surface area contributed by atoms with E-state index in [1.807, 2.05) is 34.6 Å². The van der Waals surface area contributed by atoms with Gasteiger partial charge in [0.15, 0.2) is 0 Å². The Morgan fingerprint density at radius 2 is 2.00 bits per heavy atom. The molecule has 0 radical (unpaired) electrons. The van der Waals surface area contributed by atoms with Gasteiger partial charge in [-0.3, -0.25) is 9.59 Å². The first-order valence-corrected chi connectivity index (χ1v) is 7.54. The van der Waals surface area contributed by atoms with Gasteiger partial charge in [0.25, 0.3) is 0 Å². The molecule has 4 nitrogen and oxygen atoms in total. The van der Waals surface area contributed by atoms with Crippen LogP contribution in [-0.4, -0.2) is 40.4 Å². The molecule has 0 aromatic rings. The van der Waals surface area contributed by atoms with Crippen molar-refractivity contribution in [3.8, 4) is 0 Å². The van der Waals surface area contributed by atoms with Gasteiger partial charge < -0.3 is 10.2 Å². The van der Waals surface area contributed by atoms with E-state index in [9.17, 15) is 9.59 Å². The molecule has 5 heteroatoms. The fourth-order valence-corrected chi connectivity index (χ4v) is 3.02. The largest absolute Gasteiger partial charge is 0.352 e. The highest BCUT2D eigenvalue weighted by Gasteiger charge is 2.35. The molecule has 0 saturated carbocycles. The Labute approximate surface area is 114 Å². The number of carbonyl (C=O) groups excluding carboxylic acids is 2. The van der Waals surface area contributed by atoms with Crippen LogP contribution in [-0.2, 0) is 9.59 Å². The van der Waals surface area contributed by atoms with Gasteiger partial charge in [-0.1, -0.05) is 20.8 Å². The molecule has 1 saturated heterocycles. The summed E-state index contributed by atoms with van der Waals surface area (Å²) in [7, 11) is 0. The van der Waals surface area contributed by atoms with Crippen LogP contribution in [0.15, 0.2) is 0 Å². The fraction of sp³-hybridized carbons (Fsp3) is 0.846. The van der Waals surface area contributed by atoms with Crippen molar-refractivity contribution >= 4 is 23.6 Å². The summed E-state index contributed by atoms with van der Waals surface area (Å²) in [6.07, 6.45) is 0.485. The summed E-state index contributed by atoms with van der Waals surface area (Å²) >= 11 is 1.64. The SMILES string of the molecule is CC(C)NC(=O)[C@H]1CSCN1C(=O)CC(C)(C)C. The van der Waals surface area contributed by atoms with E-state index in [0.29, 0.717) is 18.1 Å². The third-order valence-electron chi connectivity index (χ3n) is 2.62. The fourth-order valence-electron chi connectivity index (χ4n) is 1.84.